The van der Waals surface area contributed by atoms with E-state index < -0.39 is 20.0 Å². The van der Waals surface area contributed by atoms with Crippen molar-refractivity contribution in [2.45, 2.75) is 29.7 Å². The second-order valence-corrected chi connectivity index (χ2v) is 12.5. The van der Waals surface area contributed by atoms with Crippen molar-refractivity contribution in [3.63, 3.8) is 0 Å². The molecule has 0 radical (unpaired) electrons. The average Bonchev–Trinajstić information content (AvgIpc) is 3.65. The second-order valence-electron chi connectivity index (χ2n) is 8.66. The Morgan fingerprint density at radius 1 is 0.861 bits per heavy atom. The summed E-state index contributed by atoms with van der Waals surface area (Å²) in [4.78, 5) is 0.446. The van der Waals surface area contributed by atoms with Gasteiger partial charge in [0.2, 0.25) is 20.0 Å². The van der Waals surface area contributed by atoms with Gasteiger partial charge in [0.15, 0.2) is 0 Å². The molecule has 3 aromatic rings. The van der Waals surface area contributed by atoms with Crippen LogP contribution in [0.4, 0.5) is 0 Å². The minimum atomic E-state index is -3.79. The lowest BCUT2D eigenvalue weighted by Crippen LogP contribution is -2.31. The highest BCUT2D eigenvalue weighted by atomic mass is 32.2. The minimum absolute atomic E-state index is 0.00545. The van der Waals surface area contributed by atoms with Crippen LogP contribution in [-0.4, -0.2) is 51.1 Å². The highest BCUT2D eigenvalue weighted by Crippen LogP contribution is 2.29. The van der Waals surface area contributed by atoms with E-state index in [1.54, 1.807) is 60.7 Å². The molecule has 0 saturated carbocycles. The predicted molar refractivity (Wildman–Crippen MR) is 141 cm³/mol. The van der Waals surface area contributed by atoms with Gasteiger partial charge in [-0.2, -0.15) is 8.61 Å². The van der Waals surface area contributed by atoms with Gasteiger partial charge in [0.25, 0.3) is 0 Å². The molecule has 1 fully saturated rings. The van der Waals surface area contributed by atoms with E-state index in [0.29, 0.717) is 6.54 Å². The fourth-order valence-electron chi connectivity index (χ4n) is 3.61. The van der Waals surface area contributed by atoms with Crippen molar-refractivity contribution < 1.29 is 16.8 Å². The molecule has 4 rings (SSSR count). The third-order valence-electron chi connectivity index (χ3n) is 5.82. The van der Waals surface area contributed by atoms with Gasteiger partial charge in [-0.05, 0) is 50.2 Å². The van der Waals surface area contributed by atoms with Crippen LogP contribution < -0.4 is 0 Å². The SMILES string of the molecule is Cc1ccc(S(=O)(=O)N(CC#Cc2ccccc2)C/C=C/[C@H]2CN2S(=O)(=O)c2ccc(C)cc2)cc1. The number of hydrogen-bond acceptors (Lipinski definition) is 4. The van der Waals surface area contributed by atoms with Gasteiger partial charge in [0, 0.05) is 18.7 Å². The van der Waals surface area contributed by atoms with Crippen LogP contribution >= 0.6 is 0 Å². The van der Waals surface area contributed by atoms with Gasteiger partial charge in [-0.15, -0.1) is 0 Å². The number of rotatable bonds is 8. The Morgan fingerprint density at radius 3 is 2.06 bits per heavy atom. The summed E-state index contributed by atoms with van der Waals surface area (Å²) in [5.74, 6) is 5.96. The summed E-state index contributed by atoms with van der Waals surface area (Å²) in [6, 6.07) is 22.5. The number of benzene rings is 3. The maximum Gasteiger partial charge on any atom is 0.244 e. The zero-order valence-electron chi connectivity index (χ0n) is 20.2. The Hall–Kier alpha value is -3.22. The molecule has 1 unspecified atom stereocenters. The molecule has 8 heteroatoms. The molecule has 0 amide bonds. The van der Waals surface area contributed by atoms with Crippen molar-refractivity contribution in [3.05, 3.63) is 108 Å². The van der Waals surface area contributed by atoms with Crippen LogP contribution in [0.3, 0.4) is 0 Å². The third kappa shape index (κ3) is 6.12. The van der Waals surface area contributed by atoms with Crippen molar-refractivity contribution in [2.24, 2.45) is 0 Å². The van der Waals surface area contributed by atoms with Crippen molar-refractivity contribution >= 4 is 20.0 Å². The molecule has 36 heavy (non-hydrogen) atoms. The molecule has 0 aromatic heterocycles. The Morgan fingerprint density at radius 2 is 1.44 bits per heavy atom. The van der Waals surface area contributed by atoms with Gasteiger partial charge in [-0.1, -0.05) is 77.6 Å². The summed E-state index contributed by atoms with van der Waals surface area (Å²) < 4.78 is 55.0. The van der Waals surface area contributed by atoms with E-state index in [2.05, 4.69) is 11.8 Å². The smallest absolute Gasteiger partial charge is 0.207 e. The Balaban J connectivity index is 1.49. The summed E-state index contributed by atoms with van der Waals surface area (Å²) in [6.07, 6.45) is 3.44. The quantitative estimate of drug-likeness (QED) is 0.256. The van der Waals surface area contributed by atoms with E-state index in [1.165, 1.54) is 8.61 Å². The molecule has 6 nitrogen and oxygen atoms in total. The van der Waals surface area contributed by atoms with Crippen molar-refractivity contribution in [1.29, 1.82) is 0 Å². The standard InChI is InChI=1S/C28H28N2O4S2/c1-23-12-16-27(17-13-23)35(31,32)29(20-6-10-25-8-4-3-5-9-25)21-7-11-26-22-30(26)36(33,34)28-18-14-24(2)15-19-28/h3-5,7-9,11-19,26H,20-22H2,1-2H3/b11-7+/t26-,30?/m0/s1. The van der Waals surface area contributed by atoms with E-state index in [-0.39, 0.29) is 28.9 Å². The zero-order chi connectivity index (χ0) is 25.8. The third-order valence-corrected chi connectivity index (χ3v) is 9.55. The van der Waals surface area contributed by atoms with Crippen LogP contribution in [0, 0.1) is 25.7 Å². The first-order valence-corrected chi connectivity index (χ1v) is 14.4. The van der Waals surface area contributed by atoms with E-state index in [9.17, 15) is 16.8 Å². The van der Waals surface area contributed by atoms with E-state index in [1.807, 2.05) is 44.2 Å². The molecule has 1 aliphatic heterocycles. The predicted octanol–water partition coefficient (Wildman–Crippen LogP) is 3.98. The molecule has 1 heterocycles. The number of hydrogen-bond donors (Lipinski definition) is 0. The monoisotopic (exact) mass is 520 g/mol. The lowest BCUT2D eigenvalue weighted by Gasteiger charge is -2.18. The lowest BCUT2D eigenvalue weighted by atomic mass is 10.2. The summed E-state index contributed by atoms with van der Waals surface area (Å²) in [6.45, 7) is 4.25. The molecule has 0 bridgehead atoms. The van der Waals surface area contributed by atoms with E-state index in [0.717, 1.165) is 16.7 Å². The van der Waals surface area contributed by atoms with Crippen LogP contribution in [0.1, 0.15) is 16.7 Å². The molecule has 0 N–H and O–H groups in total. The molecular weight excluding hydrogens is 492 g/mol. The summed E-state index contributed by atoms with van der Waals surface area (Å²) in [5, 5.41) is 0. The molecule has 2 atom stereocenters. The normalized spacial score (nSPS) is 17.6. The van der Waals surface area contributed by atoms with Gasteiger partial charge < -0.3 is 0 Å². The van der Waals surface area contributed by atoms with Crippen molar-refractivity contribution in [1.82, 2.24) is 8.61 Å². The maximum atomic E-state index is 13.3. The summed E-state index contributed by atoms with van der Waals surface area (Å²) in [7, 11) is -7.37. The highest BCUT2D eigenvalue weighted by molar-refractivity contribution is 7.89. The molecule has 1 saturated heterocycles. The van der Waals surface area contributed by atoms with Gasteiger partial charge in [-0.25, -0.2) is 16.8 Å². The largest absolute Gasteiger partial charge is 0.244 e. The number of aryl methyl sites for hydroxylation is 2. The molecule has 0 spiro atoms. The average molecular weight is 521 g/mol. The Labute approximate surface area is 214 Å². The lowest BCUT2D eigenvalue weighted by molar-refractivity contribution is 0.477. The van der Waals surface area contributed by atoms with Crippen LogP contribution in [-0.2, 0) is 20.0 Å². The van der Waals surface area contributed by atoms with Gasteiger partial charge >= 0.3 is 0 Å². The van der Waals surface area contributed by atoms with Gasteiger partial charge in [0.1, 0.15) is 0 Å². The number of nitrogens with zero attached hydrogens (tertiary/aromatic N) is 2. The van der Waals surface area contributed by atoms with E-state index in [4.69, 9.17) is 0 Å². The topological polar surface area (TPSA) is 74.5 Å². The Bertz CT molecular complexity index is 1500. The Kier molecular flexibility index (Phi) is 7.76. The van der Waals surface area contributed by atoms with Crippen LogP contribution in [0.25, 0.3) is 0 Å². The van der Waals surface area contributed by atoms with Crippen molar-refractivity contribution in [3.8, 4) is 11.8 Å². The van der Waals surface area contributed by atoms with Gasteiger partial charge in [0.05, 0.1) is 22.4 Å². The van der Waals surface area contributed by atoms with E-state index >= 15 is 0 Å². The molecule has 0 aliphatic carbocycles. The van der Waals surface area contributed by atoms with Gasteiger partial charge in [-0.3, -0.25) is 0 Å². The molecule has 3 aromatic carbocycles. The first kappa shape index (κ1) is 25.9. The summed E-state index contributed by atoms with van der Waals surface area (Å²) >= 11 is 0. The second kappa shape index (κ2) is 10.8. The van der Waals surface area contributed by atoms with Crippen LogP contribution in [0.5, 0.6) is 0 Å². The maximum absolute atomic E-state index is 13.3. The van der Waals surface area contributed by atoms with Crippen LogP contribution in [0.15, 0.2) is 101 Å². The minimum Gasteiger partial charge on any atom is -0.207 e. The zero-order valence-corrected chi connectivity index (χ0v) is 21.8. The first-order chi connectivity index (χ1) is 17.2. The first-order valence-electron chi connectivity index (χ1n) is 11.5. The molecule has 1 aliphatic rings. The highest BCUT2D eigenvalue weighted by Gasteiger charge is 2.42. The fourth-order valence-corrected chi connectivity index (χ4v) is 6.43. The number of sulfonamides is 2. The van der Waals surface area contributed by atoms with Crippen LogP contribution in [0.2, 0.25) is 0 Å². The molecule has 186 valence electrons. The summed E-state index contributed by atoms with van der Waals surface area (Å²) in [5.41, 5.74) is 2.75. The van der Waals surface area contributed by atoms with Crippen molar-refractivity contribution in [2.75, 3.05) is 19.6 Å². The molecular formula is C28H28N2O4S2. The fraction of sp³-hybridized carbons (Fsp3) is 0.214.